The lowest BCUT2D eigenvalue weighted by Gasteiger charge is -2.18. The van der Waals surface area contributed by atoms with E-state index in [0.29, 0.717) is 11.5 Å². The van der Waals surface area contributed by atoms with Gasteiger partial charge in [-0.2, -0.15) is 0 Å². The number of esters is 1. The van der Waals surface area contributed by atoms with Gasteiger partial charge in [-0.25, -0.2) is 4.79 Å². The van der Waals surface area contributed by atoms with E-state index in [0.717, 1.165) is 5.56 Å². The van der Waals surface area contributed by atoms with Crippen LogP contribution in [0, 0.1) is 0 Å². The summed E-state index contributed by atoms with van der Waals surface area (Å²) in [4.78, 5) is 11.5. The van der Waals surface area contributed by atoms with E-state index < -0.39 is 5.60 Å². The number of carbonyl (C=O) groups is 1. The summed E-state index contributed by atoms with van der Waals surface area (Å²) in [5.41, 5.74) is 2.50. The molecule has 2 heteroatoms. The van der Waals surface area contributed by atoms with Crippen LogP contribution in [-0.4, -0.2) is 5.97 Å². The average molecular weight is 204 g/mol. The normalized spacial score (nSPS) is 17.8. The molecule has 80 valence electrons. The zero-order valence-corrected chi connectivity index (χ0v) is 9.63. The molecule has 0 saturated heterocycles. The first-order valence-corrected chi connectivity index (χ1v) is 5.29. The minimum absolute atomic E-state index is 0.203. The summed E-state index contributed by atoms with van der Waals surface area (Å²) in [7, 11) is 0. The number of carbonyl (C=O) groups excluding carboxylic acids is 1. The molecule has 0 unspecified atom stereocenters. The molecule has 1 heterocycles. The van der Waals surface area contributed by atoms with E-state index >= 15 is 0 Å². The largest absolute Gasteiger partial charge is 0.451 e. The molecule has 1 aromatic rings. The first-order valence-electron chi connectivity index (χ1n) is 5.29. The van der Waals surface area contributed by atoms with Crippen molar-refractivity contribution >= 4 is 5.97 Å². The smallest absolute Gasteiger partial charge is 0.339 e. The molecule has 1 aliphatic rings. The summed E-state index contributed by atoms with van der Waals surface area (Å²) < 4.78 is 5.31. The maximum atomic E-state index is 11.5. The third-order valence-electron chi connectivity index (χ3n) is 2.93. The molecule has 0 bridgehead atoms. The molecule has 0 amide bonds. The zero-order chi connectivity index (χ0) is 11.2. The van der Waals surface area contributed by atoms with Crippen LogP contribution in [0.25, 0.3) is 0 Å². The van der Waals surface area contributed by atoms with E-state index in [2.05, 4.69) is 19.9 Å². The van der Waals surface area contributed by atoms with Gasteiger partial charge in [0.2, 0.25) is 0 Å². The zero-order valence-electron chi connectivity index (χ0n) is 9.63. The second kappa shape index (κ2) is 3.09. The van der Waals surface area contributed by atoms with Crippen molar-refractivity contribution in [3.8, 4) is 0 Å². The van der Waals surface area contributed by atoms with E-state index in [1.165, 1.54) is 5.56 Å². The Morgan fingerprint density at radius 3 is 2.53 bits per heavy atom. The molecule has 0 aromatic heterocycles. The van der Waals surface area contributed by atoms with Crippen molar-refractivity contribution in [1.82, 2.24) is 0 Å². The average Bonchev–Trinajstić information content (AvgIpc) is 2.37. The number of fused-ring (bicyclic) bond motifs is 1. The standard InChI is InChI=1S/C13H16O2/c1-8(2)9-5-6-10-11(7-9)13(3,4)15-12(10)14/h5-8H,1-4H3. The fraction of sp³-hybridized carbons (Fsp3) is 0.462. The third kappa shape index (κ3) is 1.54. The van der Waals surface area contributed by atoms with Crippen molar-refractivity contribution in [3.63, 3.8) is 0 Å². The van der Waals surface area contributed by atoms with Crippen LogP contribution in [0.4, 0.5) is 0 Å². The molecule has 1 aromatic carbocycles. The number of cyclic esters (lactones) is 1. The van der Waals surface area contributed by atoms with Gasteiger partial charge in [0.25, 0.3) is 0 Å². The molecule has 1 aliphatic heterocycles. The van der Waals surface area contributed by atoms with Gasteiger partial charge in [0.05, 0.1) is 5.56 Å². The first kappa shape index (κ1) is 10.2. The molecule has 2 rings (SSSR count). The summed E-state index contributed by atoms with van der Waals surface area (Å²) in [6.45, 7) is 8.15. The summed E-state index contributed by atoms with van der Waals surface area (Å²) in [6.07, 6.45) is 0. The lowest BCUT2D eigenvalue weighted by atomic mass is 9.91. The topological polar surface area (TPSA) is 26.3 Å². The van der Waals surface area contributed by atoms with E-state index in [9.17, 15) is 4.79 Å². The maximum absolute atomic E-state index is 11.5. The Balaban J connectivity index is 2.57. The van der Waals surface area contributed by atoms with Crippen LogP contribution in [-0.2, 0) is 10.3 Å². The number of hydrogen-bond donors (Lipinski definition) is 0. The van der Waals surface area contributed by atoms with Gasteiger partial charge in [-0.15, -0.1) is 0 Å². The summed E-state index contributed by atoms with van der Waals surface area (Å²) in [5.74, 6) is 0.270. The van der Waals surface area contributed by atoms with Crippen molar-refractivity contribution < 1.29 is 9.53 Å². The van der Waals surface area contributed by atoms with E-state index in [1.807, 2.05) is 26.0 Å². The van der Waals surface area contributed by atoms with Crippen LogP contribution in [0.3, 0.4) is 0 Å². The van der Waals surface area contributed by atoms with Gasteiger partial charge in [-0.3, -0.25) is 0 Å². The highest BCUT2D eigenvalue weighted by Crippen LogP contribution is 2.37. The quantitative estimate of drug-likeness (QED) is 0.656. The second-order valence-corrected chi connectivity index (χ2v) is 4.86. The predicted molar refractivity (Wildman–Crippen MR) is 59.0 cm³/mol. The Morgan fingerprint density at radius 2 is 1.93 bits per heavy atom. The molecule has 15 heavy (non-hydrogen) atoms. The molecule has 0 radical (unpaired) electrons. The molecule has 0 saturated carbocycles. The lowest BCUT2D eigenvalue weighted by Crippen LogP contribution is -2.16. The Kier molecular flexibility index (Phi) is 2.10. The fourth-order valence-corrected chi connectivity index (χ4v) is 1.94. The van der Waals surface area contributed by atoms with Gasteiger partial charge in [0.15, 0.2) is 0 Å². The van der Waals surface area contributed by atoms with Crippen LogP contribution >= 0.6 is 0 Å². The summed E-state index contributed by atoms with van der Waals surface area (Å²) >= 11 is 0. The van der Waals surface area contributed by atoms with Crippen LogP contribution in [0.5, 0.6) is 0 Å². The number of benzene rings is 1. The molecule has 0 atom stereocenters. The van der Waals surface area contributed by atoms with E-state index in [-0.39, 0.29) is 5.97 Å². The molecular formula is C13H16O2. The Bertz CT molecular complexity index is 417. The van der Waals surface area contributed by atoms with Crippen molar-refractivity contribution in [2.24, 2.45) is 0 Å². The van der Waals surface area contributed by atoms with Gasteiger partial charge in [-0.05, 0) is 31.4 Å². The van der Waals surface area contributed by atoms with Crippen LogP contribution in [0.2, 0.25) is 0 Å². The van der Waals surface area contributed by atoms with Gasteiger partial charge in [0, 0.05) is 5.56 Å². The van der Waals surface area contributed by atoms with Gasteiger partial charge < -0.3 is 4.74 Å². The SMILES string of the molecule is CC(C)c1ccc2c(c1)C(C)(C)OC2=O. The fourth-order valence-electron chi connectivity index (χ4n) is 1.94. The second-order valence-electron chi connectivity index (χ2n) is 4.86. The highest BCUT2D eigenvalue weighted by molar-refractivity contribution is 5.94. The molecular weight excluding hydrogens is 188 g/mol. The van der Waals surface area contributed by atoms with Crippen molar-refractivity contribution in [3.05, 3.63) is 34.9 Å². The van der Waals surface area contributed by atoms with Crippen LogP contribution in [0.15, 0.2) is 18.2 Å². The maximum Gasteiger partial charge on any atom is 0.339 e. The number of rotatable bonds is 1. The van der Waals surface area contributed by atoms with Gasteiger partial charge in [-0.1, -0.05) is 26.0 Å². The predicted octanol–water partition coefficient (Wildman–Crippen LogP) is 3.22. The molecule has 0 N–H and O–H groups in total. The Morgan fingerprint density at radius 1 is 1.27 bits per heavy atom. The van der Waals surface area contributed by atoms with Crippen molar-refractivity contribution in [2.45, 2.75) is 39.2 Å². The Labute approximate surface area is 90.3 Å². The molecule has 0 aliphatic carbocycles. The molecule has 2 nitrogen and oxygen atoms in total. The minimum Gasteiger partial charge on any atom is -0.451 e. The summed E-state index contributed by atoms with van der Waals surface area (Å²) in [6, 6.07) is 5.97. The first-order chi connectivity index (χ1) is 6.92. The highest BCUT2D eigenvalue weighted by Gasteiger charge is 2.37. The Hall–Kier alpha value is -1.31. The van der Waals surface area contributed by atoms with Crippen molar-refractivity contribution in [2.75, 3.05) is 0 Å². The van der Waals surface area contributed by atoms with Crippen LogP contribution < -0.4 is 0 Å². The molecule has 0 fully saturated rings. The lowest BCUT2D eigenvalue weighted by molar-refractivity contribution is 0.00953. The molecule has 0 spiro atoms. The number of hydrogen-bond acceptors (Lipinski definition) is 2. The van der Waals surface area contributed by atoms with Crippen molar-refractivity contribution in [1.29, 1.82) is 0 Å². The van der Waals surface area contributed by atoms with Gasteiger partial charge in [0.1, 0.15) is 5.60 Å². The summed E-state index contributed by atoms with van der Waals surface area (Å²) in [5, 5.41) is 0. The monoisotopic (exact) mass is 204 g/mol. The van der Waals surface area contributed by atoms with E-state index in [1.54, 1.807) is 0 Å². The van der Waals surface area contributed by atoms with Gasteiger partial charge >= 0.3 is 5.97 Å². The third-order valence-corrected chi connectivity index (χ3v) is 2.93. The minimum atomic E-state index is -0.475. The van der Waals surface area contributed by atoms with E-state index in [4.69, 9.17) is 4.74 Å². The van der Waals surface area contributed by atoms with Crippen LogP contribution in [0.1, 0.15) is 55.1 Å². The number of ether oxygens (including phenoxy) is 1. The highest BCUT2D eigenvalue weighted by atomic mass is 16.6.